The number of carbonyl (C=O) groups excluding carboxylic acids is 1. The topological polar surface area (TPSA) is 127 Å². The van der Waals surface area contributed by atoms with Gasteiger partial charge < -0.3 is 23.5 Å². The molecule has 0 aliphatic carbocycles. The number of rotatable bonds is 8. The van der Waals surface area contributed by atoms with Crippen LogP contribution < -0.4 is 25.0 Å². The lowest BCUT2D eigenvalue weighted by Crippen LogP contribution is -2.27. The lowest BCUT2D eigenvalue weighted by molar-refractivity contribution is 0.0694. The van der Waals surface area contributed by atoms with Crippen molar-refractivity contribution in [3.05, 3.63) is 94.8 Å². The quantitative estimate of drug-likeness (QED) is 0.245. The summed E-state index contributed by atoms with van der Waals surface area (Å²) in [5, 5.41) is 3.38. The summed E-state index contributed by atoms with van der Waals surface area (Å²) in [6.45, 7) is 3.23. The molecule has 1 aliphatic rings. The number of aryl methyl sites for hydroxylation is 1. The van der Waals surface area contributed by atoms with Gasteiger partial charge in [-0.05, 0) is 37.5 Å². The van der Waals surface area contributed by atoms with Crippen molar-refractivity contribution in [1.82, 2.24) is 19.5 Å². The van der Waals surface area contributed by atoms with Crippen LogP contribution in [0.15, 0.2) is 78.2 Å². The lowest BCUT2D eigenvalue weighted by Gasteiger charge is -2.26. The van der Waals surface area contributed by atoms with Gasteiger partial charge in [-0.1, -0.05) is 29.8 Å². The van der Waals surface area contributed by atoms with E-state index in [1.165, 1.54) is 12.4 Å². The number of nitrogens with one attached hydrogen (secondary N) is 1. The summed E-state index contributed by atoms with van der Waals surface area (Å²) < 4.78 is 24.3. The van der Waals surface area contributed by atoms with E-state index in [-0.39, 0.29) is 23.0 Å². The fraction of sp³-hybridized carbons (Fsp3) is 0.242. The molecule has 0 saturated carbocycles. The van der Waals surface area contributed by atoms with Gasteiger partial charge in [0, 0.05) is 54.9 Å². The number of amides is 1. The number of carbonyl (C=O) groups is 1. The molecule has 0 atom stereocenters. The van der Waals surface area contributed by atoms with Crippen LogP contribution in [0.1, 0.15) is 34.8 Å². The van der Waals surface area contributed by atoms with Crippen molar-refractivity contribution >= 4 is 22.8 Å². The molecule has 0 spiro atoms. The van der Waals surface area contributed by atoms with Crippen LogP contribution in [0.25, 0.3) is 22.0 Å². The predicted octanol–water partition coefficient (Wildman–Crippen LogP) is 5.58. The Hall–Kier alpha value is -5.29. The van der Waals surface area contributed by atoms with E-state index >= 15 is 0 Å². The molecule has 11 heteroatoms. The highest BCUT2D eigenvalue weighted by Crippen LogP contribution is 2.36. The average Bonchev–Trinajstić information content (AvgIpc) is 3.06. The van der Waals surface area contributed by atoms with Crippen LogP contribution in [-0.4, -0.2) is 52.9 Å². The third-order valence-electron chi connectivity index (χ3n) is 7.55. The summed E-state index contributed by atoms with van der Waals surface area (Å²) in [7, 11) is 3.12. The van der Waals surface area contributed by atoms with Gasteiger partial charge in [0.05, 0.1) is 32.1 Å². The highest BCUT2D eigenvalue weighted by Gasteiger charge is 2.22. The fourth-order valence-corrected chi connectivity index (χ4v) is 5.16. The molecule has 224 valence electrons. The summed E-state index contributed by atoms with van der Waals surface area (Å²) >= 11 is 0. The maximum atomic E-state index is 13.6. The molecular weight excluding hydrogens is 562 g/mol. The van der Waals surface area contributed by atoms with Crippen molar-refractivity contribution < 1.29 is 23.7 Å². The number of benzene rings is 2. The Morgan fingerprint density at radius 2 is 1.64 bits per heavy atom. The largest absolute Gasteiger partial charge is 0.493 e. The first-order valence-corrected chi connectivity index (χ1v) is 14.2. The SMILES string of the molecule is COc1cc2nccc(Oc3cnc(NC(=O)c4cn(C5CCOCC5)cc(-c5ccc(C)cc5)c4=O)nc3)c2cc1OC. The van der Waals surface area contributed by atoms with Crippen LogP contribution in [0.3, 0.4) is 0 Å². The number of hydrogen-bond donors (Lipinski definition) is 1. The highest BCUT2D eigenvalue weighted by atomic mass is 16.5. The van der Waals surface area contributed by atoms with E-state index in [0.717, 1.165) is 24.0 Å². The zero-order valence-electron chi connectivity index (χ0n) is 24.6. The van der Waals surface area contributed by atoms with Gasteiger partial charge in [-0.3, -0.25) is 19.9 Å². The number of aromatic nitrogens is 4. The molecule has 1 fully saturated rings. The Kier molecular flexibility index (Phi) is 8.20. The van der Waals surface area contributed by atoms with Gasteiger partial charge in [-0.25, -0.2) is 9.97 Å². The van der Waals surface area contributed by atoms with E-state index < -0.39 is 5.91 Å². The van der Waals surface area contributed by atoms with E-state index in [4.69, 9.17) is 18.9 Å². The van der Waals surface area contributed by atoms with E-state index in [1.54, 1.807) is 44.8 Å². The van der Waals surface area contributed by atoms with Crippen LogP contribution in [0.4, 0.5) is 5.95 Å². The Bertz CT molecular complexity index is 1870. The van der Waals surface area contributed by atoms with Gasteiger partial charge in [-0.15, -0.1) is 0 Å². The monoisotopic (exact) mass is 593 g/mol. The third-order valence-corrected chi connectivity index (χ3v) is 7.55. The molecule has 0 bridgehead atoms. The number of nitrogens with zero attached hydrogens (tertiary/aromatic N) is 4. The van der Waals surface area contributed by atoms with E-state index in [1.807, 2.05) is 42.0 Å². The Morgan fingerprint density at radius 3 is 2.34 bits per heavy atom. The first kappa shape index (κ1) is 28.8. The smallest absolute Gasteiger partial charge is 0.263 e. The van der Waals surface area contributed by atoms with Gasteiger partial charge in [0.1, 0.15) is 11.3 Å². The molecule has 1 aliphatic heterocycles. The molecule has 0 unspecified atom stereocenters. The number of anilines is 1. The number of pyridine rings is 2. The highest BCUT2D eigenvalue weighted by molar-refractivity contribution is 6.03. The molecule has 5 aromatic rings. The molecule has 1 amide bonds. The molecular formula is C33H31N5O6. The standard InChI is InChI=1S/C33H31N5O6/c1-20-4-6-21(7-5-20)25-18-38(22-9-12-43-13-10-22)19-26(31(25)39)32(40)37-33-35-16-23(17-36-33)44-28-8-11-34-27-15-30(42-3)29(41-2)14-24(27)28/h4-8,11,14-19,22H,9-10,12-13H2,1-3H3,(H,35,36,37,40). The second-order valence-corrected chi connectivity index (χ2v) is 10.4. The van der Waals surface area contributed by atoms with Crippen LogP contribution in [-0.2, 0) is 4.74 Å². The first-order valence-electron chi connectivity index (χ1n) is 14.2. The molecule has 11 nitrogen and oxygen atoms in total. The molecule has 3 aromatic heterocycles. The van der Waals surface area contributed by atoms with Crippen LogP contribution in [0, 0.1) is 6.92 Å². The fourth-order valence-electron chi connectivity index (χ4n) is 5.16. The van der Waals surface area contributed by atoms with Gasteiger partial charge in [-0.2, -0.15) is 0 Å². The zero-order valence-corrected chi connectivity index (χ0v) is 24.6. The second kappa shape index (κ2) is 12.5. The third kappa shape index (κ3) is 5.95. The first-order chi connectivity index (χ1) is 21.4. The van der Waals surface area contributed by atoms with E-state index in [0.29, 0.717) is 52.7 Å². The summed E-state index contributed by atoms with van der Waals surface area (Å²) in [5.74, 6) is 1.38. The zero-order chi connectivity index (χ0) is 30.6. The summed E-state index contributed by atoms with van der Waals surface area (Å²) in [5.41, 5.74) is 2.57. The Morgan fingerprint density at radius 1 is 0.932 bits per heavy atom. The van der Waals surface area contributed by atoms with Crippen molar-refractivity contribution in [2.24, 2.45) is 0 Å². The maximum absolute atomic E-state index is 13.6. The minimum atomic E-state index is -0.598. The second-order valence-electron chi connectivity index (χ2n) is 10.4. The minimum Gasteiger partial charge on any atom is -0.493 e. The molecule has 0 radical (unpaired) electrons. The maximum Gasteiger partial charge on any atom is 0.263 e. The van der Waals surface area contributed by atoms with E-state index in [2.05, 4.69) is 20.3 Å². The number of hydrogen-bond acceptors (Lipinski definition) is 9. The molecule has 2 aromatic carbocycles. The summed E-state index contributed by atoms with van der Waals surface area (Å²) in [6.07, 6.45) is 9.52. The number of fused-ring (bicyclic) bond motifs is 1. The predicted molar refractivity (Wildman–Crippen MR) is 165 cm³/mol. The van der Waals surface area contributed by atoms with Crippen LogP contribution in [0.5, 0.6) is 23.0 Å². The van der Waals surface area contributed by atoms with Gasteiger partial charge in [0.25, 0.3) is 5.91 Å². The average molecular weight is 594 g/mol. The van der Waals surface area contributed by atoms with Crippen molar-refractivity contribution in [3.63, 3.8) is 0 Å². The Labute approximate surface area is 253 Å². The van der Waals surface area contributed by atoms with E-state index in [9.17, 15) is 9.59 Å². The number of ether oxygens (including phenoxy) is 4. The van der Waals surface area contributed by atoms with Crippen LogP contribution in [0.2, 0.25) is 0 Å². The minimum absolute atomic E-state index is 0.00567. The van der Waals surface area contributed by atoms with Gasteiger partial charge in [0.2, 0.25) is 11.4 Å². The van der Waals surface area contributed by atoms with Crippen molar-refractivity contribution in [2.45, 2.75) is 25.8 Å². The van der Waals surface area contributed by atoms with Gasteiger partial charge >= 0.3 is 0 Å². The molecule has 1 N–H and O–H groups in total. The van der Waals surface area contributed by atoms with Crippen molar-refractivity contribution in [1.29, 1.82) is 0 Å². The lowest BCUT2D eigenvalue weighted by atomic mass is 10.0. The van der Waals surface area contributed by atoms with Crippen molar-refractivity contribution in [2.75, 3.05) is 32.8 Å². The normalized spacial score (nSPS) is 13.4. The molecule has 4 heterocycles. The summed E-state index contributed by atoms with van der Waals surface area (Å²) in [6, 6.07) is 13.0. The Balaban J connectivity index is 1.26. The van der Waals surface area contributed by atoms with Crippen LogP contribution >= 0.6 is 0 Å². The molecule has 1 saturated heterocycles. The molecule has 6 rings (SSSR count). The van der Waals surface area contributed by atoms with Crippen molar-refractivity contribution in [3.8, 4) is 34.1 Å². The van der Waals surface area contributed by atoms with Gasteiger partial charge in [0.15, 0.2) is 17.2 Å². The number of methoxy groups -OCH3 is 2. The summed E-state index contributed by atoms with van der Waals surface area (Å²) in [4.78, 5) is 40.0. The molecule has 44 heavy (non-hydrogen) atoms.